The molecule has 1 aromatic carbocycles. The summed E-state index contributed by atoms with van der Waals surface area (Å²) in [5.74, 6) is -5.64. The van der Waals surface area contributed by atoms with E-state index in [0.29, 0.717) is 5.56 Å². The van der Waals surface area contributed by atoms with Gasteiger partial charge in [0.25, 0.3) is 0 Å². The van der Waals surface area contributed by atoms with Gasteiger partial charge in [-0.25, -0.2) is 0 Å². The predicted octanol–water partition coefficient (Wildman–Crippen LogP) is 2.34. The summed E-state index contributed by atoms with van der Waals surface area (Å²) in [6, 6.07) is 4.28. The zero-order valence-corrected chi connectivity index (χ0v) is 18.2. The Balaban J connectivity index is 2.67. The van der Waals surface area contributed by atoms with Crippen molar-refractivity contribution in [3.8, 4) is 11.5 Å². The summed E-state index contributed by atoms with van der Waals surface area (Å²) in [5.41, 5.74) is -1.37. The summed E-state index contributed by atoms with van der Waals surface area (Å²) in [5, 5.41) is 21.0. The summed E-state index contributed by atoms with van der Waals surface area (Å²) >= 11 is 0. The van der Waals surface area contributed by atoms with Crippen LogP contribution in [-0.4, -0.2) is 52.9 Å². The number of aromatic hydroxyl groups is 1. The van der Waals surface area contributed by atoms with Gasteiger partial charge in [-0.3, -0.25) is 14.4 Å². The highest BCUT2D eigenvalue weighted by molar-refractivity contribution is 6.02. The normalized spacial score (nSPS) is 26.6. The third-order valence-electron chi connectivity index (χ3n) is 5.07. The van der Waals surface area contributed by atoms with E-state index in [2.05, 4.69) is 0 Å². The van der Waals surface area contributed by atoms with Gasteiger partial charge >= 0.3 is 11.9 Å². The van der Waals surface area contributed by atoms with E-state index in [-0.39, 0.29) is 11.5 Å². The van der Waals surface area contributed by atoms with Gasteiger partial charge in [-0.1, -0.05) is 6.07 Å². The van der Waals surface area contributed by atoms with E-state index in [1.54, 1.807) is 27.7 Å². The molecule has 0 saturated heterocycles. The van der Waals surface area contributed by atoms with Crippen molar-refractivity contribution in [2.45, 2.75) is 64.8 Å². The minimum atomic E-state index is -1.74. The van der Waals surface area contributed by atoms with Crippen LogP contribution in [0.4, 0.5) is 0 Å². The molecule has 0 bridgehead atoms. The van der Waals surface area contributed by atoms with Crippen molar-refractivity contribution < 1.29 is 38.8 Å². The Hall–Kier alpha value is -2.61. The van der Waals surface area contributed by atoms with Crippen LogP contribution in [0.15, 0.2) is 18.2 Å². The molecule has 8 heteroatoms. The molecule has 0 amide bonds. The number of carbonyl (C=O) groups excluding carboxylic acids is 3. The van der Waals surface area contributed by atoms with E-state index in [0.717, 1.165) is 0 Å². The molecule has 30 heavy (non-hydrogen) atoms. The fourth-order valence-corrected chi connectivity index (χ4v) is 3.93. The molecule has 1 aliphatic rings. The minimum absolute atomic E-state index is 0.108. The fraction of sp³-hybridized carbons (Fsp3) is 0.591. The number of benzene rings is 1. The van der Waals surface area contributed by atoms with Crippen molar-refractivity contribution in [1.82, 2.24) is 0 Å². The highest BCUT2D eigenvalue weighted by atomic mass is 16.5. The molecule has 1 saturated carbocycles. The molecule has 1 aliphatic carbocycles. The first kappa shape index (κ1) is 23.7. The van der Waals surface area contributed by atoms with Crippen LogP contribution in [0.2, 0.25) is 0 Å². The molecule has 0 unspecified atom stereocenters. The van der Waals surface area contributed by atoms with Gasteiger partial charge in [-0.05, 0) is 52.3 Å². The Kier molecular flexibility index (Phi) is 7.13. The molecule has 0 aromatic heterocycles. The first-order valence-electron chi connectivity index (χ1n) is 9.92. The quantitative estimate of drug-likeness (QED) is 0.530. The van der Waals surface area contributed by atoms with Gasteiger partial charge in [-0.15, -0.1) is 0 Å². The summed E-state index contributed by atoms with van der Waals surface area (Å²) in [6.45, 7) is 8.04. The van der Waals surface area contributed by atoms with Crippen LogP contribution in [0, 0.1) is 11.8 Å². The van der Waals surface area contributed by atoms with Crippen molar-refractivity contribution in [2.24, 2.45) is 11.8 Å². The molecular formula is C22H30O8. The van der Waals surface area contributed by atoms with Crippen LogP contribution in [0.3, 0.4) is 0 Å². The molecule has 2 rings (SSSR count). The van der Waals surface area contributed by atoms with E-state index >= 15 is 0 Å². The average Bonchev–Trinajstić information content (AvgIpc) is 2.59. The van der Waals surface area contributed by atoms with E-state index in [4.69, 9.17) is 14.2 Å². The number of hydrogen-bond donors (Lipinski definition) is 2. The number of phenols is 1. The first-order chi connectivity index (χ1) is 13.9. The Labute approximate surface area is 176 Å². The van der Waals surface area contributed by atoms with Gasteiger partial charge in [0.05, 0.1) is 30.8 Å². The lowest BCUT2D eigenvalue weighted by molar-refractivity contribution is -0.176. The maximum atomic E-state index is 13.0. The van der Waals surface area contributed by atoms with Gasteiger partial charge in [0, 0.05) is 12.3 Å². The van der Waals surface area contributed by atoms with E-state index in [1.165, 1.54) is 32.2 Å². The smallest absolute Gasteiger partial charge is 0.317 e. The van der Waals surface area contributed by atoms with Crippen molar-refractivity contribution >= 4 is 17.7 Å². The number of phenolic OH excluding ortho intramolecular Hbond substituents is 1. The number of Topliss-reactive ketones (excluding diaryl/α,β-unsaturated/α-hetero) is 1. The second kappa shape index (κ2) is 9.04. The number of ether oxygens (including phenoxy) is 3. The second-order valence-electron chi connectivity index (χ2n) is 8.38. The number of esters is 2. The van der Waals surface area contributed by atoms with Crippen LogP contribution >= 0.6 is 0 Å². The number of ketones is 1. The molecule has 0 radical (unpaired) electrons. The van der Waals surface area contributed by atoms with Crippen molar-refractivity contribution in [1.29, 1.82) is 0 Å². The van der Waals surface area contributed by atoms with E-state index in [1.807, 2.05) is 0 Å². The maximum Gasteiger partial charge on any atom is 0.317 e. The summed E-state index contributed by atoms with van der Waals surface area (Å²) in [6.07, 6.45) is -1.32. The third-order valence-corrected chi connectivity index (χ3v) is 5.07. The van der Waals surface area contributed by atoms with Crippen molar-refractivity contribution in [2.75, 3.05) is 7.11 Å². The van der Waals surface area contributed by atoms with Crippen LogP contribution in [-0.2, 0) is 23.9 Å². The molecular weight excluding hydrogens is 392 g/mol. The van der Waals surface area contributed by atoms with Gasteiger partial charge in [0.1, 0.15) is 5.92 Å². The fourth-order valence-electron chi connectivity index (χ4n) is 3.93. The van der Waals surface area contributed by atoms with Crippen LogP contribution in [0.5, 0.6) is 11.5 Å². The molecule has 0 spiro atoms. The molecule has 4 atom stereocenters. The summed E-state index contributed by atoms with van der Waals surface area (Å²) in [4.78, 5) is 38.8. The van der Waals surface area contributed by atoms with Crippen LogP contribution in [0.25, 0.3) is 0 Å². The highest BCUT2D eigenvalue weighted by Gasteiger charge is 2.57. The number of rotatable bonds is 6. The highest BCUT2D eigenvalue weighted by Crippen LogP contribution is 2.48. The van der Waals surface area contributed by atoms with Gasteiger partial charge in [0.15, 0.2) is 17.3 Å². The lowest BCUT2D eigenvalue weighted by Crippen LogP contribution is -2.55. The molecule has 2 N–H and O–H groups in total. The molecule has 166 valence electrons. The molecule has 0 heterocycles. The summed E-state index contributed by atoms with van der Waals surface area (Å²) < 4.78 is 15.8. The van der Waals surface area contributed by atoms with Crippen LogP contribution < -0.4 is 4.74 Å². The Morgan fingerprint density at radius 2 is 1.67 bits per heavy atom. The maximum absolute atomic E-state index is 13.0. The van der Waals surface area contributed by atoms with Gasteiger partial charge < -0.3 is 24.4 Å². The van der Waals surface area contributed by atoms with E-state index < -0.39 is 59.7 Å². The zero-order valence-electron chi connectivity index (χ0n) is 18.2. The first-order valence-corrected chi connectivity index (χ1v) is 9.92. The lowest BCUT2D eigenvalue weighted by atomic mass is 9.61. The minimum Gasteiger partial charge on any atom is -0.504 e. The predicted molar refractivity (Wildman–Crippen MR) is 107 cm³/mol. The van der Waals surface area contributed by atoms with Crippen LogP contribution in [0.1, 0.15) is 52.5 Å². The van der Waals surface area contributed by atoms with Crippen molar-refractivity contribution in [3.63, 3.8) is 0 Å². The topological polar surface area (TPSA) is 119 Å². The second-order valence-corrected chi connectivity index (χ2v) is 8.38. The number of methoxy groups -OCH3 is 1. The Bertz CT molecular complexity index is 803. The number of aliphatic hydroxyl groups is 1. The molecule has 1 aromatic rings. The molecule has 1 fully saturated rings. The third kappa shape index (κ3) is 4.92. The zero-order chi connectivity index (χ0) is 22.8. The SMILES string of the molecule is COc1cc([C@@H]2[C@@H](C(=O)OC(C)C)C(=O)C[C@@](C)(O)[C@@H]2C(=O)OC(C)C)ccc1O. The number of hydrogen-bond acceptors (Lipinski definition) is 8. The molecule has 8 nitrogen and oxygen atoms in total. The van der Waals surface area contributed by atoms with Gasteiger partial charge in [-0.2, -0.15) is 0 Å². The Morgan fingerprint density at radius 1 is 1.10 bits per heavy atom. The van der Waals surface area contributed by atoms with Gasteiger partial charge in [0.2, 0.25) is 0 Å². The lowest BCUT2D eigenvalue weighted by Gasteiger charge is -2.44. The van der Waals surface area contributed by atoms with Crippen molar-refractivity contribution in [3.05, 3.63) is 23.8 Å². The Morgan fingerprint density at radius 3 is 2.20 bits per heavy atom. The summed E-state index contributed by atoms with van der Waals surface area (Å²) in [7, 11) is 1.36. The van der Waals surface area contributed by atoms with E-state index in [9.17, 15) is 24.6 Å². The molecule has 0 aliphatic heterocycles. The standard InChI is InChI=1S/C22H30O8/c1-11(2)29-20(25)18-15(24)10-22(5,27)19(21(26)30-12(3)4)17(18)13-7-8-14(23)16(9-13)28-6/h7-9,11-12,17-19,23,27H,10H2,1-6H3/t17-,18+,19+,22-/m1/s1. The monoisotopic (exact) mass is 422 g/mol. The largest absolute Gasteiger partial charge is 0.504 e. The number of carbonyl (C=O) groups is 3. The average molecular weight is 422 g/mol.